The van der Waals surface area contributed by atoms with Crippen molar-refractivity contribution in [3.63, 3.8) is 0 Å². The maximum Gasteiger partial charge on any atom is 0.224 e. The van der Waals surface area contributed by atoms with E-state index in [1.165, 1.54) is 0 Å². The van der Waals surface area contributed by atoms with E-state index >= 15 is 0 Å². The van der Waals surface area contributed by atoms with E-state index in [-0.39, 0.29) is 12.2 Å². The number of ether oxygens (including phenoxy) is 5. The van der Waals surface area contributed by atoms with Crippen LogP contribution in [0.3, 0.4) is 0 Å². The molecule has 206 valence electrons. The average molecular weight is 511 g/mol. The highest BCUT2D eigenvalue weighted by molar-refractivity contribution is 4.99. The topological polar surface area (TPSA) is 191 Å². The van der Waals surface area contributed by atoms with Gasteiger partial charge in [-0.15, -0.1) is 0 Å². The number of unbranched alkanes of at least 4 members (excludes halogenated alkanes) is 1. The second-order valence-electron chi connectivity index (χ2n) is 9.77. The second-order valence-corrected chi connectivity index (χ2v) is 9.77. The summed E-state index contributed by atoms with van der Waals surface area (Å²) in [5.41, 5.74) is 0. The third-order valence-corrected chi connectivity index (χ3v) is 7.23. The first-order chi connectivity index (χ1) is 16.7. The Kier molecular flexibility index (Phi) is 10.7. The van der Waals surface area contributed by atoms with Crippen LogP contribution in [-0.4, -0.2) is 129 Å². The van der Waals surface area contributed by atoms with Gasteiger partial charge in [0.25, 0.3) is 0 Å². The molecule has 3 aliphatic heterocycles. The summed E-state index contributed by atoms with van der Waals surface area (Å²) >= 11 is 0. The molecule has 0 aromatic rings. The molecule has 0 aromatic heterocycles. The van der Waals surface area contributed by atoms with Crippen LogP contribution in [0.5, 0.6) is 0 Å². The molecule has 0 spiro atoms. The van der Waals surface area contributed by atoms with Gasteiger partial charge in [-0.25, -0.2) is 0 Å². The highest BCUT2D eigenvalue weighted by atomic mass is 16.8. The van der Waals surface area contributed by atoms with Gasteiger partial charge < -0.3 is 59.4 Å². The summed E-state index contributed by atoms with van der Waals surface area (Å²) in [7, 11) is 0. The fourth-order valence-corrected chi connectivity index (χ4v) is 4.75. The molecule has 12 nitrogen and oxygen atoms in total. The van der Waals surface area contributed by atoms with Crippen LogP contribution in [-0.2, 0) is 23.7 Å². The fraction of sp³-hybridized carbons (Fsp3) is 1.00. The summed E-state index contributed by atoms with van der Waals surface area (Å²) in [5, 5.41) is 71.0. The Balaban J connectivity index is 1.77. The number of epoxide rings is 1. The lowest BCUT2D eigenvalue weighted by Gasteiger charge is -2.43. The smallest absolute Gasteiger partial charge is 0.224 e. The summed E-state index contributed by atoms with van der Waals surface area (Å²) in [6.07, 6.45) is -7.98. The fourth-order valence-electron chi connectivity index (χ4n) is 4.75. The van der Waals surface area contributed by atoms with Crippen LogP contribution in [0.25, 0.3) is 0 Å². The minimum Gasteiger partial charge on any atom is -0.394 e. The summed E-state index contributed by atoms with van der Waals surface area (Å²) in [6, 6.07) is 0. The maximum absolute atomic E-state index is 10.9. The van der Waals surface area contributed by atoms with E-state index in [2.05, 4.69) is 13.8 Å². The molecular weight excluding hydrogens is 468 g/mol. The molecular formula is C23H42O12. The lowest BCUT2D eigenvalue weighted by Crippen LogP contribution is -2.63. The van der Waals surface area contributed by atoms with Crippen LogP contribution >= 0.6 is 0 Å². The minimum absolute atomic E-state index is 0.132. The van der Waals surface area contributed by atoms with Crippen molar-refractivity contribution in [2.75, 3.05) is 26.4 Å². The van der Waals surface area contributed by atoms with Crippen LogP contribution < -0.4 is 0 Å². The van der Waals surface area contributed by atoms with E-state index in [4.69, 9.17) is 23.7 Å². The third-order valence-electron chi connectivity index (χ3n) is 7.23. The summed E-state index contributed by atoms with van der Waals surface area (Å²) in [5.74, 6) is -1.67. The Labute approximate surface area is 205 Å². The van der Waals surface area contributed by atoms with Crippen molar-refractivity contribution in [2.45, 2.75) is 113 Å². The summed E-state index contributed by atoms with van der Waals surface area (Å²) < 4.78 is 28.5. The lowest BCUT2D eigenvalue weighted by atomic mass is 9.92. The predicted molar refractivity (Wildman–Crippen MR) is 119 cm³/mol. The zero-order valence-electron chi connectivity index (χ0n) is 20.4. The number of hydrogen-bond donors (Lipinski definition) is 7. The van der Waals surface area contributed by atoms with Gasteiger partial charge in [0.1, 0.15) is 55.4 Å². The summed E-state index contributed by atoms with van der Waals surface area (Å²) in [6.45, 7) is 3.08. The Morgan fingerprint density at radius 1 is 0.943 bits per heavy atom. The first kappa shape index (κ1) is 29.1. The molecule has 12 atom stereocenters. The van der Waals surface area contributed by atoms with Crippen LogP contribution in [0.4, 0.5) is 0 Å². The highest BCUT2D eigenvalue weighted by Crippen LogP contribution is 2.38. The standard InChI is InChI=1S/C23H42O12/c1-3-5-6-12(4-2)7-13(16-10-31-16)32-11-23(21(30)18(27)15(9-25)34-23)35-22-20(29)19(28)17(26)14(8-24)33-22/h12-22,24-30H,3-11H2,1-2H3/t12?,13?,14-,15-,16?,17-,18-,19+,20-,21+,22-,23+/m1/s1. The molecule has 3 heterocycles. The monoisotopic (exact) mass is 510 g/mol. The second kappa shape index (κ2) is 12.9. The van der Waals surface area contributed by atoms with E-state index in [0.29, 0.717) is 18.9 Å². The largest absolute Gasteiger partial charge is 0.394 e. The van der Waals surface area contributed by atoms with E-state index in [9.17, 15) is 35.7 Å². The molecule has 0 radical (unpaired) electrons. The molecule has 0 amide bonds. The van der Waals surface area contributed by atoms with Crippen molar-refractivity contribution in [1.82, 2.24) is 0 Å². The predicted octanol–water partition coefficient (Wildman–Crippen LogP) is -2.00. The zero-order valence-corrected chi connectivity index (χ0v) is 20.4. The van der Waals surface area contributed by atoms with Gasteiger partial charge in [-0.05, 0) is 12.3 Å². The molecule has 3 unspecified atom stereocenters. The SMILES string of the molecule is CCCCC(CC)CC(OC[C@@]1(O[C@H]2O[C@H](CO)[C@@H](O)[C@H](O)[C@H]2O)O[C@H](CO)[C@@H](O)[C@@H]1O)C1CO1. The van der Waals surface area contributed by atoms with E-state index in [0.717, 1.165) is 25.7 Å². The first-order valence-electron chi connectivity index (χ1n) is 12.6. The van der Waals surface area contributed by atoms with Gasteiger partial charge in [0.05, 0.1) is 25.9 Å². The molecule has 0 aliphatic carbocycles. The molecule has 35 heavy (non-hydrogen) atoms. The van der Waals surface area contributed by atoms with Crippen molar-refractivity contribution in [1.29, 1.82) is 0 Å². The highest BCUT2D eigenvalue weighted by Gasteiger charge is 2.59. The Bertz CT molecular complexity index is 634. The normalized spacial score (nSPS) is 43.3. The van der Waals surface area contributed by atoms with Gasteiger partial charge in [0, 0.05) is 0 Å². The van der Waals surface area contributed by atoms with Gasteiger partial charge in [0.15, 0.2) is 6.29 Å². The van der Waals surface area contributed by atoms with E-state index in [1.807, 2.05) is 0 Å². The summed E-state index contributed by atoms with van der Waals surface area (Å²) in [4.78, 5) is 0. The molecule has 3 saturated heterocycles. The van der Waals surface area contributed by atoms with Gasteiger partial charge in [0.2, 0.25) is 5.79 Å². The molecule has 0 aromatic carbocycles. The minimum atomic E-state index is -2.07. The van der Waals surface area contributed by atoms with Crippen LogP contribution in [0.1, 0.15) is 46.0 Å². The quantitative estimate of drug-likeness (QED) is 0.127. The van der Waals surface area contributed by atoms with Crippen molar-refractivity contribution in [3.8, 4) is 0 Å². The molecule has 3 aliphatic rings. The van der Waals surface area contributed by atoms with E-state index < -0.39 is 74.6 Å². The van der Waals surface area contributed by atoms with E-state index in [1.54, 1.807) is 0 Å². The molecule has 0 bridgehead atoms. The van der Waals surface area contributed by atoms with Crippen LogP contribution in [0.2, 0.25) is 0 Å². The number of hydrogen-bond acceptors (Lipinski definition) is 12. The van der Waals surface area contributed by atoms with Crippen molar-refractivity contribution < 1.29 is 59.4 Å². The van der Waals surface area contributed by atoms with Crippen LogP contribution in [0, 0.1) is 5.92 Å². The van der Waals surface area contributed by atoms with Gasteiger partial charge >= 0.3 is 0 Å². The molecule has 3 fully saturated rings. The number of rotatable bonds is 14. The molecule has 3 rings (SSSR count). The van der Waals surface area contributed by atoms with Crippen molar-refractivity contribution >= 4 is 0 Å². The van der Waals surface area contributed by atoms with Crippen molar-refractivity contribution in [2.24, 2.45) is 5.92 Å². The van der Waals surface area contributed by atoms with Gasteiger partial charge in [-0.1, -0.05) is 39.5 Å². The van der Waals surface area contributed by atoms with Gasteiger partial charge in [-0.2, -0.15) is 0 Å². The first-order valence-corrected chi connectivity index (χ1v) is 12.6. The zero-order chi connectivity index (χ0) is 25.8. The third kappa shape index (κ3) is 6.70. The Morgan fingerprint density at radius 2 is 1.63 bits per heavy atom. The number of aliphatic hydroxyl groups excluding tert-OH is 7. The van der Waals surface area contributed by atoms with Crippen molar-refractivity contribution in [3.05, 3.63) is 0 Å². The van der Waals surface area contributed by atoms with Crippen LogP contribution in [0.15, 0.2) is 0 Å². The molecule has 0 saturated carbocycles. The van der Waals surface area contributed by atoms with Gasteiger partial charge in [-0.3, -0.25) is 0 Å². The molecule has 7 N–H and O–H groups in total. The average Bonchev–Trinajstić information content (AvgIpc) is 3.68. The Morgan fingerprint density at radius 3 is 2.17 bits per heavy atom. The molecule has 12 heteroatoms. The maximum atomic E-state index is 10.9. The number of aliphatic hydroxyl groups is 7. The lowest BCUT2D eigenvalue weighted by molar-refractivity contribution is -0.387. The Hall–Kier alpha value is -0.480.